The minimum Gasteiger partial charge on any atom is -0.490 e. The number of rotatable bonds is 8. The Morgan fingerprint density at radius 3 is 2.50 bits per heavy atom. The highest BCUT2D eigenvalue weighted by Crippen LogP contribution is 2.27. The van der Waals surface area contributed by atoms with Crippen LogP contribution in [0.5, 0.6) is 5.75 Å². The van der Waals surface area contributed by atoms with E-state index in [1.54, 1.807) is 42.5 Å². The first-order valence-corrected chi connectivity index (χ1v) is 11.6. The Labute approximate surface area is 192 Å². The Kier molecular flexibility index (Phi) is 7.22. The molecule has 0 saturated carbocycles. The van der Waals surface area contributed by atoms with Crippen LogP contribution in [0.2, 0.25) is 5.02 Å². The molecule has 3 rings (SSSR count). The van der Waals surface area contributed by atoms with Gasteiger partial charge in [0, 0.05) is 11.3 Å². The van der Waals surface area contributed by atoms with Crippen molar-refractivity contribution in [2.24, 2.45) is 0 Å². The lowest BCUT2D eigenvalue weighted by molar-refractivity contribution is 0.102. The second kappa shape index (κ2) is 9.89. The molecule has 0 atom stereocenters. The summed E-state index contributed by atoms with van der Waals surface area (Å²) in [7, 11) is -4.01. The highest BCUT2D eigenvalue weighted by atomic mass is 35.5. The molecule has 6 nitrogen and oxygen atoms in total. The summed E-state index contributed by atoms with van der Waals surface area (Å²) in [6.45, 7) is 7.69. The van der Waals surface area contributed by atoms with Gasteiger partial charge in [-0.05, 0) is 73.5 Å². The average molecular weight is 471 g/mol. The van der Waals surface area contributed by atoms with E-state index in [4.69, 9.17) is 16.3 Å². The molecule has 2 N–H and O–H groups in total. The summed E-state index contributed by atoms with van der Waals surface area (Å²) in [6, 6.07) is 16.2. The average Bonchev–Trinajstić information content (AvgIpc) is 2.76. The SMILES string of the molecule is C=CCOc1ccc(NC(=O)c2ccc(Cl)c(S(=O)(=O)Nc3cccc(C)c3C)c2)cc1. The van der Waals surface area contributed by atoms with E-state index < -0.39 is 15.9 Å². The highest BCUT2D eigenvalue weighted by Gasteiger charge is 2.21. The van der Waals surface area contributed by atoms with Gasteiger partial charge in [0.05, 0.1) is 10.7 Å². The quantitative estimate of drug-likeness (QED) is 0.421. The second-order valence-electron chi connectivity index (χ2n) is 7.08. The van der Waals surface area contributed by atoms with Gasteiger partial charge in [-0.25, -0.2) is 8.42 Å². The molecule has 3 aromatic carbocycles. The summed E-state index contributed by atoms with van der Waals surface area (Å²) in [5.74, 6) is 0.171. The Balaban J connectivity index is 1.82. The zero-order valence-corrected chi connectivity index (χ0v) is 19.3. The van der Waals surface area contributed by atoms with Crippen molar-refractivity contribution in [1.29, 1.82) is 0 Å². The van der Waals surface area contributed by atoms with E-state index in [9.17, 15) is 13.2 Å². The van der Waals surface area contributed by atoms with Crippen molar-refractivity contribution in [2.45, 2.75) is 18.7 Å². The van der Waals surface area contributed by atoms with Gasteiger partial charge >= 0.3 is 0 Å². The first-order valence-electron chi connectivity index (χ1n) is 9.75. The van der Waals surface area contributed by atoms with Crippen LogP contribution in [0.25, 0.3) is 0 Å². The van der Waals surface area contributed by atoms with Crippen LogP contribution in [0.4, 0.5) is 11.4 Å². The number of hydrogen-bond donors (Lipinski definition) is 2. The van der Waals surface area contributed by atoms with Crippen LogP contribution in [0.1, 0.15) is 21.5 Å². The summed E-state index contributed by atoms with van der Waals surface area (Å²) >= 11 is 6.17. The van der Waals surface area contributed by atoms with Gasteiger partial charge in [0.25, 0.3) is 15.9 Å². The van der Waals surface area contributed by atoms with Gasteiger partial charge < -0.3 is 10.1 Å². The molecule has 0 aliphatic carbocycles. The van der Waals surface area contributed by atoms with Gasteiger partial charge in [-0.2, -0.15) is 0 Å². The fourth-order valence-electron chi connectivity index (χ4n) is 2.90. The highest BCUT2D eigenvalue weighted by molar-refractivity contribution is 7.92. The number of sulfonamides is 1. The number of carbonyl (C=O) groups excluding carboxylic acids is 1. The van der Waals surface area contributed by atoms with Gasteiger partial charge in [0.15, 0.2) is 0 Å². The molecule has 0 aliphatic rings. The van der Waals surface area contributed by atoms with Crippen LogP contribution in [-0.2, 0) is 10.0 Å². The standard InChI is InChI=1S/C24H23ClN2O4S/c1-4-14-31-20-11-9-19(10-12-20)26-24(28)18-8-13-21(25)23(15-18)32(29,30)27-22-7-5-6-16(2)17(22)3/h4-13,15,27H,1,14H2,2-3H3,(H,26,28). The number of amides is 1. The zero-order valence-electron chi connectivity index (χ0n) is 17.7. The lowest BCUT2D eigenvalue weighted by atomic mass is 10.1. The van der Waals surface area contributed by atoms with E-state index in [0.717, 1.165) is 11.1 Å². The largest absolute Gasteiger partial charge is 0.490 e. The molecule has 0 unspecified atom stereocenters. The third kappa shape index (κ3) is 5.49. The van der Waals surface area contributed by atoms with Crippen molar-refractivity contribution in [1.82, 2.24) is 0 Å². The molecule has 1 amide bonds. The molecule has 8 heteroatoms. The van der Waals surface area contributed by atoms with Crippen molar-refractivity contribution in [2.75, 3.05) is 16.6 Å². The number of aryl methyl sites for hydroxylation is 1. The maximum Gasteiger partial charge on any atom is 0.263 e. The summed E-state index contributed by atoms with van der Waals surface area (Å²) < 4.78 is 34.0. The van der Waals surface area contributed by atoms with Crippen LogP contribution in [0.3, 0.4) is 0 Å². The van der Waals surface area contributed by atoms with E-state index in [1.165, 1.54) is 18.2 Å². The van der Waals surface area contributed by atoms with E-state index in [-0.39, 0.29) is 15.5 Å². The molecule has 0 heterocycles. The smallest absolute Gasteiger partial charge is 0.263 e. The Morgan fingerprint density at radius 2 is 1.81 bits per heavy atom. The van der Waals surface area contributed by atoms with Gasteiger partial charge in [-0.1, -0.05) is 36.4 Å². The maximum atomic E-state index is 13.0. The molecular weight excluding hydrogens is 448 g/mol. The number of nitrogens with one attached hydrogen (secondary N) is 2. The minimum absolute atomic E-state index is 0.0167. The third-order valence-corrected chi connectivity index (χ3v) is 6.66. The maximum absolute atomic E-state index is 13.0. The summed E-state index contributed by atoms with van der Waals surface area (Å²) in [5.41, 5.74) is 2.90. The monoisotopic (exact) mass is 470 g/mol. The van der Waals surface area contributed by atoms with Crippen molar-refractivity contribution < 1.29 is 17.9 Å². The first kappa shape index (κ1) is 23.4. The summed E-state index contributed by atoms with van der Waals surface area (Å²) in [5, 5.41) is 2.75. The van der Waals surface area contributed by atoms with E-state index in [0.29, 0.717) is 23.7 Å². The molecule has 0 aromatic heterocycles. The third-order valence-electron chi connectivity index (χ3n) is 4.81. The molecule has 166 valence electrons. The first-order chi connectivity index (χ1) is 15.2. The van der Waals surface area contributed by atoms with Crippen LogP contribution in [0, 0.1) is 13.8 Å². The molecule has 0 saturated heterocycles. The normalized spacial score (nSPS) is 11.0. The van der Waals surface area contributed by atoms with E-state index in [1.807, 2.05) is 19.9 Å². The van der Waals surface area contributed by atoms with Gasteiger partial charge in [-0.15, -0.1) is 0 Å². The molecule has 0 radical (unpaired) electrons. The molecular formula is C24H23ClN2O4S. The Bertz CT molecular complexity index is 1260. The van der Waals surface area contributed by atoms with Crippen molar-refractivity contribution in [3.05, 3.63) is 95.0 Å². The topological polar surface area (TPSA) is 84.5 Å². The Hall–Kier alpha value is -3.29. The van der Waals surface area contributed by atoms with Crippen molar-refractivity contribution >= 4 is 38.9 Å². The lowest BCUT2D eigenvalue weighted by Crippen LogP contribution is -2.17. The number of anilines is 2. The van der Waals surface area contributed by atoms with Crippen LogP contribution >= 0.6 is 11.6 Å². The zero-order chi connectivity index (χ0) is 23.3. The number of halogens is 1. The van der Waals surface area contributed by atoms with E-state index in [2.05, 4.69) is 16.6 Å². The number of ether oxygens (including phenoxy) is 1. The Morgan fingerprint density at radius 1 is 1.09 bits per heavy atom. The van der Waals surface area contributed by atoms with E-state index >= 15 is 0 Å². The van der Waals surface area contributed by atoms with Crippen molar-refractivity contribution in [3.8, 4) is 5.75 Å². The number of benzene rings is 3. The molecule has 0 bridgehead atoms. The van der Waals surface area contributed by atoms with Crippen LogP contribution < -0.4 is 14.8 Å². The van der Waals surface area contributed by atoms with Crippen molar-refractivity contribution in [3.63, 3.8) is 0 Å². The van der Waals surface area contributed by atoms with Crippen LogP contribution in [-0.4, -0.2) is 20.9 Å². The fourth-order valence-corrected chi connectivity index (χ4v) is 4.55. The molecule has 3 aromatic rings. The predicted octanol–water partition coefficient (Wildman–Crippen LogP) is 5.57. The summed E-state index contributed by atoms with van der Waals surface area (Å²) in [4.78, 5) is 12.5. The van der Waals surface area contributed by atoms with Gasteiger partial charge in [0.1, 0.15) is 17.3 Å². The summed E-state index contributed by atoms with van der Waals surface area (Å²) in [6.07, 6.45) is 1.64. The van der Waals surface area contributed by atoms with Gasteiger partial charge in [0.2, 0.25) is 0 Å². The van der Waals surface area contributed by atoms with Crippen LogP contribution in [0.15, 0.2) is 78.2 Å². The lowest BCUT2D eigenvalue weighted by Gasteiger charge is -2.14. The second-order valence-corrected chi connectivity index (χ2v) is 9.13. The fraction of sp³-hybridized carbons (Fsp3) is 0.125. The molecule has 0 aliphatic heterocycles. The molecule has 0 spiro atoms. The number of carbonyl (C=O) groups is 1. The minimum atomic E-state index is -4.01. The molecule has 0 fully saturated rings. The predicted molar refractivity (Wildman–Crippen MR) is 128 cm³/mol. The van der Waals surface area contributed by atoms with Gasteiger partial charge in [-0.3, -0.25) is 9.52 Å². The molecule has 32 heavy (non-hydrogen) atoms. The number of hydrogen-bond acceptors (Lipinski definition) is 4.